The summed E-state index contributed by atoms with van der Waals surface area (Å²) in [5, 5.41) is 10.2. The fourth-order valence-corrected chi connectivity index (χ4v) is 3.87. The molecular formula is C22H35N3O4. The number of hydrogen-bond acceptors (Lipinski definition) is 6. The summed E-state index contributed by atoms with van der Waals surface area (Å²) < 4.78 is 11.1. The SMILES string of the molecule is COc1ccc(C(=O)N2CCN(C[C@H]3CN(C[C@H](O)C(C)C)CCO3)CC2)cc1. The van der Waals surface area contributed by atoms with Gasteiger partial charge in [-0.2, -0.15) is 0 Å². The minimum absolute atomic E-state index is 0.0788. The highest BCUT2D eigenvalue weighted by molar-refractivity contribution is 5.94. The number of amides is 1. The highest BCUT2D eigenvalue weighted by Gasteiger charge is 2.27. The molecule has 0 saturated carbocycles. The maximum atomic E-state index is 12.7. The van der Waals surface area contributed by atoms with Crippen molar-refractivity contribution in [3.05, 3.63) is 29.8 Å². The Morgan fingerprint density at radius 3 is 2.45 bits per heavy atom. The number of morpholine rings is 1. The lowest BCUT2D eigenvalue weighted by Gasteiger charge is -2.39. The Kier molecular flexibility index (Phi) is 7.89. The van der Waals surface area contributed by atoms with Crippen LogP contribution in [0.1, 0.15) is 24.2 Å². The molecular weight excluding hydrogens is 370 g/mol. The standard InChI is InChI=1S/C22H35N3O4/c1-17(2)21(26)16-24-12-13-29-20(15-24)14-23-8-10-25(11-9-23)22(27)18-4-6-19(28-3)7-5-18/h4-7,17,20-21,26H,8-16H2,1-3H3/t20-,21-/m0/s1. The fourth-order valence-electron chi connectivity index (χ4n) is 3.87. The Labute approximate surface area is 174 Å². The largest absolute Gasteiger partial charge is 0.497 e. The Morgan fingerprint density at radius 2 is 1.83 bits per heavy atom. The molecule has 2 fully saturated rings. The molecule has 3 rings (SSSR count). The van der Waals surface area contributed by atoms with Gasteiger partial charge in [0.25, 0.3) is 5.91 Å². The van der Waals surface area contributed by atoms with E-state index in [4.69, 9.17) is 9.47 Å². The first-order valence-corrected chi connectivity index (χ1v) is 10.6. The van der Waals surface area contributed by atoms with Crippen molar-refractivity contribution in [2.75, 3.05) is 66.1 Å². The van der Waals surface area contributed by atoms with Gasteiger partial charge < -0.3 is 19.5 Å². The van der Waals surface area contributed by atoms with Crippen molar-refractivity contribution in [2.45, 2.75) is 26.1 Å². The van der Waals surface area contributed by atoms with Crippen molar-refractivity contribution < 1.29 is 19.4 Å². The van der Waals surface area contributed by atoms with E-state index in [2.05, 4.69) is 23.6 Å². The average molecular weight is 406 g/mol. The molecule has 0 aromatic heterocycles. The highest BCUT2D eigenvalue weighted by atomic mass is 16.5. The number of carbonyl (C=O) groups excluding carboxylic acids is 1. The van der Waals surface area contributed by atoms with Crippen molar-refractivity contribution in [2.24, 2.45) is 5.92 Å². The molecule has 2 aliphatic heterocycles. The number of rotatable bonds is 7. The first kappa shape index (κ1) is 22.0. The van der Waals surface area contributed by atoms with E-state index in [1.165, 1.54) is 0 Å². The summed E-state index contributed by atoms with van der Waals surface area (Å²) in [6.45, 7) is 11.3. The van der Waals surface area contributed by atoms with Gasteiger partial charge in [0.1, 0.15) is 5.75 Å². The molecule has 29 heavy (non-hydrogen) atoms. The van der Waals surface area contributed by atoms with Crippen molar-refractivity contribution in [1.29, 1.82) is 0 Å². The number of piperazine rings is 1. The maximum absolute atomic E-state index is 12.7. The average Bonchev–Trinajstić information content (AvgIpc) is 2.74. The van der Waals surface area contributed by atoms with Crippen molar-refractivity contribution in [3.8, 4) is 5.75 Å². The number of methoxy groups -OCH3 is 1. The van der Waals surface area contributed by atoms with E-state index in [-0.39, 0.29) is 24.0 Å². The Balaban J connectivity index is 1.43. The van der Waals surface area contributed by atoms with Gasteiger partial charge in [-0.3, -0.25) is 14.6 Å². The molecule has 7 heteroatoms. The molecule has 0 aliphatic carbocycles. The molecule has 162 valence electrons. The van der Waals surface area contributed by atoms with Crippen molar-refractivity contribution in [1.82, 2.24) is 14.7 Å². The lowest BCUT2D eigenvalue weighted by Crippen LogP contribution is -2.54. The first-order chi connectivity index (χ1) is 14.0. The van der Waals surface area contributed by atoms with E-state index in [0.717, 1.165) is 51.6 Å². The Bertz CT molecular complexity index is 644. The Morgan fingerprint density at radius 1 is 1.14 bits per heavy atom. The second-order valence-electron chi connectivity index (χ2n) is 8.39. The minimum atomic E-state index is -0.290. The van der Waals surface area contributed by atoms with Gasteiger partial charge in [-0.15, -0.1) is 0 Å². The molecule has 0 spiro atoms. The number of benzene rings is 1. The van der Waals surface area contributed by atoms with E-state index in [9.17, 15) is 9.90 Å². The van der Waals surface area contributed by atoms with Gasteiger partial charge in [0, 0.05) is 57.9 Å². The third kappa shape index (κ3) is 6.15. The predicted octanol–water partition coefficient (Wildman–Crippen LogP) is 1.17. The van der Waals surface area contributed by atoms with Gasteiger partial charge in [0.15, 0.2) is 0 Å². The number of β-amino-alcohol motifs (C(OH)–C–C–N with tert-alkyl or cyclic N) is 1. The summed E-state index contributed by atoms with van der Waals surface area (Å²) in [4.78, 5) is 19.3. The van der Waals surface area contributed by atoms with Crippen LogP contribution in [0.25, 0.3) is 0 Å². The third-order valence-corrected chi connectivity index (χ3v) is 5.90. The van der Waals surface area contributed by atoms with Crippen LogP contribution in [0.4, 0.5) is 0 Å². The maximum Gasteiger partial charge on any atom is 0.253 e. The molecule has 1 aromatic rings. The van der Waals surface area contributed by atoms with Gasteiger partial charge in [-0.05, 0) is 30.2 Å². The first-order valence-electron chi connectivity index (χ1n) is 10.6. The van der Waals surface area contributed by atoms with Gasteiger partial charge in [-0.1, -0.05) is 13.8 Å². The zero-order chi connectivity index (χ0) is 20.8. The summed E-state index contributed by atoms with van der Waals surface area (Å²) in [5.74, 6) is 1.11. The smallest absolute Gasteiger partial charge is 0.253 e. The molecule has 2 aliphatic rings. The molecule has 1 N–H and O–H groups in total. The second-order valence-corrected chi connectivity index (χ2v) is 8.39. The number of hydrogen-bond donors (Lipinski definition) is 1. The van der Waals surface area contributed by atoms with E-state index in [0.29, 0.717) is 18.7 Å². The van der Waals surface area contributed by atoms with Crippen LogP contribution in [0, 0.1) is 5.92 Å². The van der Waals surface area contributed by atoms with Crippen molar-refractivity contribution >= 4 is 5.91 Å². The lowest BCUT2D eigenvalue weighted by atomic mass is 10.1. The van der Waals surface area contributed by atoms with Crippen LogP contribution in [0.2, 0.25) is 0 Å². The number of aliphatic hydroxyl groups is 1. The zero-order valence-corrected chi connectivity index (χ0v) is 17.9. The van der Waals surface area contributed by atoms with E-state index < -0.39 is 0 Å². The zero-order valence-electron chi connectivity index (χ0n) is 17.9. The van der Waals surface area contributed by atoms with E-state index in [1.54, 1.807) is 7.11 Å². The molecule has 0 unspecified atom stereocenters. The lowest BCUT2D eigenvalue weighted by molar-refractivity contribution is -0.0596. The Hall–Kier alpha value is -1.67. The van der Waals surface area contributed by atoms with Gasteiger partial charge in [0.05, 0.1) is 25.9 Å². The fraction of sp³-hybridized carbons (Fsp3) is 0.682. The molecule has 2 heterocycles. The van der Waals surface area contributed by atoms with Crippen LogP contribution in [0.3, 0.4) is 0 Å². The number of aliphatic hydroxyl groups excluding tert-OH is 1. The molecule has 2 saturated heterocycles. The summed E-state index contributed by atoms with van der Waals surface area (Å²) in [6.07, 6.45) is -0.131. The topological polar surface area (TPSA) is 65.5 Å². The van der Waals surface area contributed by atoms with Gasteiger partial charge >= 0.3 is 0 Å². The van der Waals surface area contributed by atoms with Gasteiger partial charge in [-0.25, -0.2) is 0 Å². The minimum Gasteiger partial charge on any atom is -0.497 e. The summed E-state index contributed by atoms with van der Waals surface area (Å²) >= 11 is 0. The van der Waals surface area contributed by atoms with Crippen LogP contribution >= 0.6 is 0 Å². The number of carbonyl (C=O) groups is 1. The molecule has 1 aromatic carbocycles. The second kappa shape index (κ2) is 10.4. The molecule has 7 nitrogen and oxygen atoms in total. The molecule has 0 bridgehead atoms. The van der Waals surface area contributed by atoms with Crippen LogP contribution < -0.4 is 4.74 Å². The van der Waals surface area contributed by atoms with Crippen LogP contribution in [0.5, 0.6) is 5.75 Å². The summed E-state index contributed by atoms with van der Waals surface area (Å²) in [7, 11) is 1.62. The van der Waals surface area contributed by atoms with Crippen molar-refractivity contribution in [3.63, 3.8) is 0 Å². The molecule has 2 atom stereocenters. The molecule has 1 amide bonds. The summed E-state index contributed by atoms with van der Waals surface area (Å²) in [5.41, 5.74) is 0.703. The van der Waals surface area contributed by atoms with Crippen LogP contribution in [-0.4, -0.2) is 104 Å². The number of nitrogens with zero attached hydrogens (tertiary/aromatic N) is 3. The molecule has 0 radical (unpaired) electrons. The quantitative estimate of drug-likeness (QED) is 0.735. The third-order valence-electron chi connectivity index (χ3n) is 5.90. The highest BCUT2D eigenvalue weighted by Crippen LogP contribution is 2.16. The normalized spacial score (nSPS) is 22.7. The van der Waals surface area contributed by atoms with E-state index >= 15 is 0 Å². The number of ether oxygens (including phenoxy) is 2. The monoisotopic (exact) mass is 405 g/mol. The van der Waals surface area contributed by atoms with Gasteiger partial charge in [0.2, 0.25) is 0 Å². The summed E-state index contributed by atoms with van der Waals surface area (Å²) in [6, 6.07) is 7.30. The van der Waals surface area contributed by atoms with Crippen LogP contribution in [-0.2, 0) is 4.74 Å². The van der Waals surface area contributed by atoms with E-state index in [1.807, 2.05) is 29.2 Å². The van der Waals surface area contributed by atoms with Crippen LogP contribution in [0.15, 0.2) is 24.3 Å². The predicted molar refractivity (Wildman–Crippen MR) is 112 cm³/mol.